The van der Waals surface area contributed by atoms with Gasteiger partial charge in [0.15, 0.2) is 0 Å². The van der Waals surface area contributed by atoms with Crippen LogP contribution >= 0.6 is 11.6 Å². The van der Waals surface area contributed by atoms with Gasteiger partial charge in [-0.05, 0) is 26.8 Å². The molecule has 0 bridgehead atoms. The van der Waals surface area contributed by atoms with E-state index in [-0.39, 0.29) is 19.6 Å². The maximum atomic E-state index is 12.5. The summed E-state index contributed by atoms with van der Waals surface area (Å²) in [5.74, 6) is -0.158. The Morgan fingerprint density at radius 3 is 2.73 bits per heavy atom. The second kappa shape index (κ2) is 8.40. The smallest absolute Gasteiger partial charge is 0.411 e. The topological polar surface area (TPSA) is 78.0 Å². The molecule has 0 N–H and O–H groups in total. The fraction of sp³-hybridized carbons (Fsp3) is 0.500. The first-order valence-electron chi connectivity index (χ1n) is 8.25. The molecule has 0 aliphatic carbocycles. The number of hydrogen-bond acceptors (Lipinski definition) is 6. The molecule has 1 saturated heterocycles. The molecule has 0 unspecified atom stereocenters. The molecule has 1 fully saturated rings. The number of halogens is 1. The van der Waals surface area contributed by atoms with Crippen LogP contribution in [-0.4, -0.2) is 52.8 Å². The Balaban J connectivity index is 2.11. The predicted octanol–water partition coefficient (Wildman–Crippen LogP) is 3.22. The minimum atomic E-state index is -0.790. The van der Waals surface area contributed by atoms with Gasteiger partial charge in [-0.3, -0.25) is 4.90 Å². The van der Waals surface area contributed by atoms with Gasteiger partial charge in [0.05, 0.1) is 11.6 Å². The fourth-order valence-corrected chi connectivity index (χ4v) is 2.58. The third kappa shape index (κ3) is 5.62. The van der Waals surface area contributed by atoms with Crippen LogP contribution in [-0.2, 0) is 14.3 Å². The van der Waals surface area contributed by atoms with Crippen LogP contribution in [0.2, 0.25) is 5.02 Å². The SMILES string of the molecule is C=CCOC(=O)[C@@H]1C[C@@H](Oc2ccc(Cl)cn2)CN1C(=O)OC(C)(C)C. The Bertz CT molecular complexity index is 657. The first-order valence-corrected chi connectivity index (χ1v) is 8.63. The minimum Gasteiger partial charge on any atom is -0.472 e. The molecule has 1 aliphatic rings. The fourth-order valence-electron chi connectivity index (χ4n) is 2.47. The molecule has 7 nitrogen and oxygen atoms in total. The summed E-state index contributed by atoms with van der Waals surface area (Å²) in [5.41, 5.74) is -0.677. The van der Waals surface area contributed by atoms with Crippen LogP contribution in [0.25, 0.3) is 0 Å². The Hall–Kier alpha value is -2.28. The van der Waals surface area contributed by atoms with E-state index in [9.17, 15) is 9.59 Å². The Morgan fingerprint density at radius 1 is 1.42 bits per heavy atom. The van der Waals surface area contributed by atoms with Crippen molar-refractivity contribution in [1.82, 2.24) is 9.88 Å². The lowest BCUT2D eigenvalue weighted by molar-refractivity contribution is -0.147. The molecule has 2 atom stereocenters. The second-order valence-corrected chi connectivity index (χ2v) is 7.29. The molecule has 2 heterocycles. The summed E-state index contributed by atoms with van der Waals surface area (Å²) in [5, 5.41) is 0.491. The number of ether oxygens (including phenoxy) is 3. The van der Waals surface area contributed by atoms with Crippen molar-refractivity contribution >= 4 is 23.7 Å². The Kier molecular flexibility index (Phi) is 6.47. The normalized spacial score (nSPS) is 19.8. The van der Waals surface area contributed by atoms with Crippen molar-refractivity contribution < 1.29 is 23.8 Å². The molecule has 0 aromatic carbocycles. The number of aromatic nitrogens is 1. The molecule has 1 aromatic rings. The summed E-state index contributed by atoms with van der Waals surface area (Å²) in [6.07, 6.45) is 2.20. The molecule has 0 saturated carbocycles. The van der Waals surface area contributed by atoms with E-state index in [1.54, 1.807) is 32.9 Å². The predicted molar refractivity (Wildman–Crippen MR) is 96.2 cm³/mol. The van der Waals surface area contributed by atoms with E-state index in [1.165, 1.54) is 17.2 Å². The molecular formula is C18H23ClN2O5. The molecular weight excluding hydrogens is 360 g/mol. The van der Waals surface area contributed by atoms with E-state index in [2.05, 4.69) is 11.6 Å². The molecule has 1 aliphatic heterocycles. The van der Waals surface area contributed by atoms with Gasteiger partial charge in [0, 0.05) is 18.7 Å². The maximum Gasteiger partial charge on any atom is 0.411 e. The number of carbonyl (C=O) groups excluding carboxylic acids is 2. The molecule has 0 spiro atoms. The minimum absolute atomic E-state index is 0.0712. The summed E-state index contributed by atoms with van der Waals surface area (Å²) in [6.45, 7) is 9.06. The van der Waals surface area contributed by atoms with Gasteiger partial charge >= 0.3 is 12.1 Å². The van der Waals surface area contributed by atoms with E-state index >= 15 is 0 Å². The van der Waals surface area contributed by atoms with E-state index < -0.39 is 29.8 Å². The zero-order chi connectivity index (χ0) is 19.3. The van der Waals surface area contributed by atoms with Crippen molar-refractivity contribution in [1.29, 1.82) is 0 Å². The van der Waals surface area contributed by atoms with Gasteiger partial charge in [-0.1, -0.05) is 24.3 Å². The highest BCUT2D eigenvalue weighted by Crippen LogP contribution is 2.25. The lowest BCUT2D eigenvalue weighted by atomic mass is 10.2. The molecule has 142 valence electrons. The quantitative estimate of drug-likeness (QED) is 0.574. The summed E-state index contributed by atoms with van der Waals surface area (Å²) in [6, 6.07) is 2.49. The van der Waals surface area contributed by atoms with Crippen LogP contribution in [0.1, 0.15) is 27.2 Å². The van der Waals surface area contributed by atoms with E-state index in [1.807, 2.05) is 0 Å². The highest BCUT2D eigenvalue weighted by atomic mass is 35.5. The monoisotopic (exact) mass is 382 g/mol. The van der Waals surface area contributed by atoms with Crippen molar-refractivity contribution in [3.63, 3.8) is 0 Å². The Labute approximate surface area is 157 Å². The third-order valence-corrected chi connectivity index (χ3v) is 3.72. The summed E-state index contributed by atoms with van der Waals surface area (Å²) < 4.78 is 16.3. The zero-order valence-electron chi connectivity index (χ0n) is 15.1. The average molecular weight is 383 g/mol. The van der Waals surface area contributed by atoms with Crippen LogP contribution in [0.3, 0.4) is 0 Å². The first-order chi connectivity index (χ1) is 12.2. The molecule has 1 aromatic heterocycles. The van der Waals surface area contributed by atoms with E-state index in [4.69, 9.17) is 25.8 Å². The number of nitrogens with zero attached hydrogens (tertiary/aromatic N) is 2. The lowest BCUT2D eigenvalue weighted by Crippen LogP contribution is -2.44. The highest BCUT2D eigenvalue weighted by Gasteiger charge is 2.43. The summed E-state index contributed by atoms with van der Waals surface area (Å²) in [4.78, 5) is 30.2. The maximum absolute atomic E-state index is 12.5. The molecule has 0 radical (unpaired) electrons. The third-order valence-electron chi connectivity index (χ3n) is 3.49. The van der Waals surface area contributed by atoms with Crippen molar-refractivity contribution in [2.75, 3.05) is 13.2 Å². The van der Waals surface area contributed by atoms with Gasteiger partial charge in [0.2, 0.25) is 5.88 Å². The van der Waals surface area contributed by atoms with Crippen LogP contribution in [0, 0.1) is 0 Å². The Morgan fingerprint density at radius 2 is 2.15 bits per heavy atom. The van der Waals surface area contributed by atoms with Crippen LogP contribution in [0.4, 0.5) is 4.79 Å². The largest absolute Gasteiger partial charge is 0.472 e. The molecule has 1 amide bonds. The van der Waals surface area contributed by atoms with Crippen molar-refractivity contribution in [3.05, 3.63) is 36.0 Å². The highest BCUT2D eigenvalue weighted by molar-refractivity contribution is 6.30. The van der Waals surface area contributed by atoms with Crippen molar-refractivity contribution in [2.24, 2.45) is 0 Å². The van der Waals surface area contributed by atoms with E-state index in [0.717, 1.165) is 0 Å². The number of rotatable bonds is 5. The zero-order valence-corrected chi connectivity index (χ0v) is 15.9. The molecule has 26 heavy (non-hydrogen) atoms. The first kappa shape index (κ1) is 20.0. The van der Waals surface area contributed by atoms with Gasteiger partial charge in [0.1, 0.15) is 24.4 Å². The number of hydrogen-bond donors (Lipinski definition) is 0. The van der Waals surface area contributed by atoms with Crippen molar-refractivity contribution in [3.8, 4) is 5.88 Å². The standard InChI is InChI=1S/C18H23ClN2O5/c1-5-8-24-16(22)14-9-13(25-15-7-6-12(19)10-20-15)11-21(14)17(23)26-18(2,3)4/h5-7,10,13-14H,1,8-9,11H2,2-4H3/t13-,14+/m1/s1. The van der Waals surface area contributed by atoms with Crippen LogP contribution in [0.15, 0.2) is 31.0 Å². The number of esters is 1. The summed E-state index contributed by atoms with van der Waals surface area (Å²) >= 11 is 5.81. The van der Waals surface area contributed by atoms with Crippen LogP contribution < -0.4 is 4.74 Å². The van der Waals surface area contributed by atoms with Gasteiger partial charge in [-0.15, -0.1) is 0 Å². The second-order valence-electron chi connectivity index (χ2n) is 6.86. The number of pyridine rings is 1. The van der Waals surface area contributed by atoms with Crippen molar-refractivity contribution in [2.45, 2.75) is 44.9 Å². The van der Waals surface area contributed by atoms with Gasteiger partial charge in [0.25, 0.3) is 0 Å². The van der Waals surface area contributed by atoms with E-state index in [0.29, 0.717) is 10.9 Å². The van der Waals surface area contributed by atoms with Gasteiger partial charge in [-0.25, -0.2) is 14.6 Å². The molecule has 2 rings (SSSR count). The van der Waals surface area contributed by atoms with Gasteiger partial charge in [-0.2, -0.15) is 0 Å². The number of amides is 1. The average Bonchev–Trinajstić information content (AvgIpc) is 2.97. The van der Waals surface area contributed by atoms with Crippen LogP contribution in [0.5, 0.6) is 5.88 Å². The summed E-state index contributed by atoms with van der Waals surface area (Å²) in [7, 11) is 0. The lowest BCUT2D eigenvalue weighted by Gasteiger charge is -2.27. The molecule has 8 heteroatoms. The number of carbonyl (C=O) groups is 2. The van der Waals surface area contributed by atoms with Gasteiger partial charge < -0.3 is 14.2 Å². The number of likely N-dealkylation sites (tertiary alicyclic amines) is 1.